The van der Waals surface area contributed by atoms with Gasteiger partial charge in [-0.3, -0.25) is 0 Å². The molecule has 6 nitrogen and oxygen atoms in total. The van der Waals surface area contributed by atoms with E-state index in [9.17, 15) is 18.0 Å². The number of nitriles is 1. The van der Waals surface area contributed by atoms with Crippen LogP contribution in [0.3, 0.4) is 0 Å². The Bertz CT molecular complexity index is 537. The van der Waals surface area contributed by atoms with Gasteiger partial charge in [-0.2, -0.15) is 10.2 Å². The van der Waals surface area contributed by atoms with Crippen molar-refractivity contribution in [1.29, 1.82) is 5.26 Å². The van der Waals surface area contributed by atoms with Crippen molar-refractivity contribution in [3.05, 3.63) is 17.2 Å². The summed E-state index contributed by atoms with van der Waals surface area (Å²) in [6.45, 7) is 1.54. The third-order valence-corrected chi connectivity index (χ3v) is 1.84. The monoisotopic (exact) mass is 275 g/mol. The molecule has 0 aliphatic carbocycles. The van der Waals surface area contributed by atoms with Gasteiger partial charge in [0.1, 0.15) is 17.5 Å². The van der Waals surface area contributed by atoms with Gasteiger partial charge >= 0.3 is 12.3 Å². The topological polar surface area (TPSA) is 98.2 Å². The van der Waals surface area contributed by atoms with Crippen LogP contribution in [0.1, 0.15) is 22.8 Å². The van der Waals surface area contributed by atoms with Gasteiger partial charge in [0, 0.05) is 6.07 Å². The Labute approximate surface area is 105 Å². The number of carbonyl (C=O) groups is 1. The van der Waals surface area contributed by atoms with Crippen molar-refractivity contribution in [3.8, 4) is 11.9 Å². The van der Waals surface area contributed by atoms with E-state index in [0.717, 1.165) is 0 Å². The Kier molecular flexibility index (Phi) is 4.16. The molecule has 0 bridgehead atoms. The highest BCUT2D eigenvalue weighted by atomic mass is 19.4. The van der Waals surface area contributed by atoms with Gasteiger partial charge in [-0.25, -0.2) is 4.79 Å². The molecule has 0 aliphatic rings. The zero-order valence-corrected chi connectivity index (χ0v) is 9.61. The summed E-state index contributed by atoms with van der Waals surface area (Å²) >= 11 is 0. The maximum Gasteiger partial charge on any atom is 0.574 e. The maximum atomic E-state index is 12.0. The van der Waals surface area contributed by atoms with E-state index >= 15 is 0 Å². The van der Waals surface area contributed by atoms with Crippen LogP contribution < -0.4 is 10.5 Å². The fourth-order valence-electron chi connectivity index (χ4n) is 1.22. The lowest BCUT2D eigenvalue weighted by Crippen LogP contribution is -2.19. The number of ether oxygens (including phenoxy) is 2. The Hall–Kier alpha value is -2.50. The summed E-state index contributed by atoms with van der Waals surface area (Å²) in [5, 5.41) is 8.80. The molecule has 0 aromatic carbocycles. The molecule has 1 rings (SSSR count). The van der Waals surface area contributed by atoms with Gasteiger partial charge < -0.3 is 15.2 Å². The van der Waals surface area contributed by atoms with E-state index < -0.39 is 29.6 Å². The van der Waals surface area contributed by atoms with Crippen LogP contribution in [0, 0.1) is 11.3 Å². The van der Waals surface area contributed by atoms with Crippen LogP contribution in [0.25, 0.3) is 0 Å². The number of pyridine rings is 1. The first kappa shape index (κ1) is 14.6. The highest BCUT2D eigenvalue weighted by Gasteiger charge is 2.33. The Morgan fingerprint density at radius 3 is 2.68 bits per heavy atom. The van der Waals surface area contributed by atoms with Crippen LogP contribution >= 0.6 is 0 Å². The quantitative estimate of drug-likeness (QED) is 0.841. The summed E-state index contributed by atoms with van der Waals surface area (Å²) in [4.78, 5) is 14.7. The van der Waals surface area contributed by atoms with Crippen molar-refractivity contribution >= 4 is 11.8 Å². The number of nitrogens with zero attached hydrogens (tertiary/aromatic N) is 2. The summed E-state index contributed by atoms with van der Waals surface area (Å²) in [6.07, 6.45) is -4.97. The third-order valence-electron chi connectivity index (χ3n) is 1.84. The lowest BCUT2D eigenvalue weighted by molar-refractivity contribution is -0.276. The standard InChI is InChI=1S/C10H8F3N3O3/c1-2-18-9(17)7-5(4-14)3-6(16-8(7)15)19-10(11,12)13/h3H,2H2,1H3,(H2,15,16). The number of anilines is 1. The summed E-state index contributed by atoms with van der Waals surface area (Å²) in [5.74, 6) is -2.44. The number of hydrogen-bond acceptors (Lipinski definition) is 6. The highest BCUT2D eigenvalue weighted by molar-refractivity contribution is 5.97. The molecule has 0 radical (unpaired) electrons. The fourth-order valence-corrected chi connectivity index (χ4v) is 1.22. The van der Waals surface area contributed by atoms with Crippen LogP contribution in [0.2, 0.25) is 0 Å². The molecule has 1 heterocycles. The number of nitrogen functional groups attached to an aromatic ring is 1. The van der Waals surface area contributed by atoms with E-state index in [0.29, 0.717) is 6.07 Å². The average Bonchev–Trinajstić information content (AvgIpc) is 2.25. The first-order chi connectivity index (χ1) is 8.78. The van der Waals surface area contributed by atoms with Crippen molar-refractivity contribution in [1.82, 2.24) is 4.98 Å². The molecule has 0 spiro atoms. The molecule has 19 heavy (non-hydrogen) atoms. The van der Waals surface area contributed by atoms with Crippen molar-refractivity contribution in [2.24, 2.45) is 0 Å². The Morgan fingerprint density at radius 2 is 2.21 bits per heavy atom. The van der Waals surface area contributed by atoms with Gasteiger partial charge in [0.15, 0.2) is 0 Å². The molecule has 0 fully saturated rings. The zero-order valence-electron chi connectivity index (χ0n) is 9.61. The number of halogens is 3. The summed E-state index contributed by atoms with van der Waals surface area (Å²) in [5.41, 5.74) is 4.54. The van der Waals surface area contributed by atoms with Crippen LogP contribution in [0.5, 0.6) is 5.88 Å². The number of alkyl halides is 3. The number of aromatic nitrogens is 1. The van der Waals surface area contributed by atoms with Gasteiger partial charge in [0.25, 0.3) is 0 Å². The average molecular weight is 275 g/mol. The third kappa shape index (κ3) is 3.74. The lowest BCUT2D eigenvalue weighted by Gasteiger charge is -2.11. The van der Waals surface area contributed by atoms with Crippen LogP contribution in [0.4, 0.5) is 19.0 Å². The van der Waals surface area contributed by atoms with Gasteiger partial charge in [-0.15, -0.1) is 13.2 Å². The molecule has 0 saturated heterocycles. The first-order valence-corrected chi connectivity index (χ1v) is 4.92. The van der Waals surface area contributed by atoms with Gasteiger partial charge in [-0.1, -0.05) is 0 Å². The molecule has 0 aliphatic heterocycles. The molecule has 102 valence electrons. The maximum absolute atomic E-state index is 12.0. The lowest BCUT2D eigenvalue weighted by atomic mass is 10.1. The fraction of sp³-hybridized carbons (Fsp3) is 0.300. The van der Waals surface area contributed by atoms with Crippen LogP contribution in [-0.4, -0.2) is 23.9 Å². The minimum absolute atomic E-state index is 0.0178. The first-order valence-electron chi connectivity index (χ1n) is 4.92. The minimum Gasteiger partial charge on any atom is -0.462 e. The molecule has 9 heteroatoms. The van der Waals surface area contributed by atoms with Gasteiger partial charge in [0.2, 0.25) is 5.88 Å². The summed E-state index contributed by atoms with van der Waals surface area (Å²) < 4.78 is 44.2. The highest BCUT2D eigenvalue weighted by Crippen LogP contribution is 2.26. The summed E-state index contributed by atoms with van der Waals surface area (Å²) in [6, 6.07) is 2.20. The van der Waals surface area contributed by atoms with Crippen LogP contribution in [-0.2, 0) is 4.74 Å². The minimum atomic E-state index is -4.97. The van der Waals surface area contributed by atoms with E-state index in [2.05, 4.69) is 14.5 Å². The number of nitrogens with two attached hydrogens (primary N) is 1. The second-order valence-electron chi connectivity index (χ2n) is 3.15. The molecular weight excluding hydrogens is 267 g/mol. The van der Waals surface area contributed by atoms with Crippen molar-refractivity contribution in [2.75, 3.05) is 12.3 Å². The van der Waals surface area contributed by atoms with Crippen molar-refractivity contribution in [3.63, 3.8) is 0 Å². The Morgan fingerprint density at radius 1 is 1.58 bits per heavy atom. The van der Waals surface area contributed by atoms with E-state index in [1.165, 1.54) is 13.0 Å². The van der Waals surface area contributed by atoms with Crippen molar-refractivity contribution in [2.45, 2.75) is 13.3 Å². The number of esters is 1. The second-order valence-corrected chi connectivity index (χ2v) is 3.15. The molecule has 0 amide bonds. The van der Waals surface area contributed by atoms with E-state index in [1.807, 2.05) is 0 Å². The SMILES string of the molecule is CCOC(=O)c1c(C#N)cc(OC(F)(F)F)nc1N. The van der Waals surface area contributed by atoms with E-state index in [1.54, 1.807) is 0 Å². The molecule has 0 atom stereocenters. The van der Waals surface area contributed by atoms with E-state index in [4.69, 9.17) is 11.0 Å². The predicted molar refractivity (Wildman–Crippen MR) is 56.0 cm³/mol. The predicted octanol–water partition coefficient (Wildman–Crippen LogP) is 1.61. The molecule has 1 aromatic heterocycles. The largest absolute Gasteiger partial charge is 0.574 e. The van der Waals surface area contributed by atoms with E-state index in [-0.39, 0.29) is 12.2 Å². The van der Waals surface area contributed by atoms with Crippen molar-refractivity contribution < 1.29 is 27.4 Å². The Balaban J connectivity index is 3.23. The molecule has 2 N–H and O–H groups in total. The normalized spacial score (nSPS) is 10.7. The number of carbonyl (C=O) groups excluding carboxylic acids is 1. The second kappa shape index (κ2) is 5.43. The van der Waals surface area contributed by atoms with Crippen LogP contribution in [0.15, 0.2) is 6.07 Å². The summed E-state index contributed by atoms with van der Waals surface area (Å²) in [7, 11) is 0. The molecule has 0 saturated carbocycles. The van der Waals surface area contributed by atoms with Gasteiger partial charge in [0.05, 0.1) is 12.2 Å². The number of hydrogen-bond donors (Lipinski definition) is 1. The molecule has 1 aromatic rings. The zero-order chi connectivity index (χ0) is 14.6. The smallest absolute Gasteiger partial charge is 0.462 e. The number of rotatable bonds is 3. The molecule has 0 unspecified atom stereocenters. The van der Waals surface area contributed by atoms with Gasteiger partial charge in [-0.05, 0) is 6.92 Å². The molecular formula is C10H8F3N3O3.